The summed E-state index contributed by atoms with van der Waals surface area (Å²) in [7, 11) is 0. The van der Waals surface area contributed by atoms with Gasteiger partial charge in [-0.15, -0.1) is 0 Å². The Kier molecular flexibility index (Phi) is 4.65. The second-order valence-corrected chi connectivity index (χ2v) is 5.91. The van der Waals surface area contributed by atoms with E-state index in [4.69, 9.17) is 5.10 Å². The highest BCUT2D eigenvalue weighted by atomic mass is 15.3. The molecule has 0 spiro atoms. The van der Waals surface area contributed by atoms with Crippen LogP contribution in [0, 0.1) is 0 Å². The van der Waals surface area contributed by atoms with Crippen molar-refractivity contribution in [1.29, 1.82) is 0 Å². The molecule has 0 fully saturated rings. The molecule has 0 bridgehead atoms. The van der Waals surface area contributed by atoms with Crippen molar-refractivity contribution in [1.82, 2.24) is 20.4 Å². The Morgan fingerprint density at radius 3 is 2.61 bits per heavy atom. The number of aryl methyl sites for hydroxylation is 1. The maximum atomic E-state index is 4.85. The van der Waals surface area contributed by atoms with Crippen LogP contribution in [-0.4, -0.2) is 28.3 Å². The summed E-state index contributed by atoms with van der Waals surface area (Å²) in [5.41, 5.74) is 4.84. The standard InChI is InChI=1S/C18H25N5/c1-4-16-15(12-20-18-19-11-13(3)21-18)17(5-2)23(22-16)14-9-7-6-8-10-14/h6-10,13H,4-5,11-12H2,1-3H3,(H2,19,20,21). The van der Waals surface area contributed by atoms with E-state index >= 15 is 0 Å². The van der Waals surface area contributed by atoms with Crippen LogP contribution in [-0.2, 0) is 19.4 Å². The number of nitrogens with zero attached hydrogens (tertiary/aromatic N) is 3. The molecule has 1 aliphatic heterocycles. The number of hydrogen-bond donors (Lipinski definition) is 2. The number of nitrogens with one attached hydrogen (secondary N) is 2. The highest BCUT2D eigenvalue weighted by molar-refractivity contribution is 5.81. The Morgan fingerprint density at radius 1 is 1.22 bits per heavy atom. The molecule has 3 rings (SSSR count). The largest absolute Gasteiger partial charge is 0.352 e. The minimum atomic E-state index is 0.417. The second-order valence-electron chi connectivity index (χ2n) is 5.91. The fourth-order valence-corrected chi connectivity index (χ4v) is 3.00. The van der Waals surface area contributed by atoms with Gasteiger partial charge in [0.25, 0.3) is 0 Å². The van der Waals surface area contributed by atoms with E-state index in [1.165, 1.54) is 11.3 Å². The third kappa shape index (κ3) is 3.23. The van der Waals surface area contributed by atoms with Crippen molar-refractivity contribution in [2.45, 2.75) is 46.2 Å². The zero-order valence-corrected chi connectivity index (χ0v) is 14.1. The summed E-state index contributed by atoms with van der Waals surface area (Å²) in [6, 6.07) is 10.8. The fraction of sp³-hybridized carbons (Fsp3) is 0.444. The van der Waals surface area contributed by atoms with E-state index in [-0.39, 0.29) is 0 Å². The van der Waals surface area contributed by atoms with Gasteiger partial charge in [-0.1, -0.05) is 32.0 Å². The van der Waals surface area contributed by atoms with E-state index in [2.05, 4.69) is 65.3 Å². The molecule has 2 aromatic rings. The first-order valence-electron chi connectivity index (χ1n) is 8.42. The molecule has 0 amide bonds. The molecule has 2 N–H and O–H groups in total. The van der Waals surface area contributed by atoms with Gasteiger partial charge in [0.2, 0.25) is 0 Å². The predicted octanol–water partition coefficient (Wildman–Crippen LogP) is 2.43. The first-order valence-corrected chi connectivity index (χ1v) is 8.42. The van der Waals surface area contributed by atoms with Gasteiger partial charge in [-0.3, -0.25) is 4.99 Å². The van der Waals surface area contributed by atoms with Crippen LogP contribution in [0.2, 0.25) is 0 Å². The topological polar surface area (TPSA) is 54.2 Å². The summed E-state index contributed by atoms with van der Waals surface area (Å²) < 4.78 is 2.09. The quantitative estimate of drug-likeness (QED) is 0.892. The average molecular weight is 311 g/mol. The molecule has 122 valence electrons. The van der Waals surface area contributed by atoms with Crippen LogP contribution < -0.4 is 10.6 Å². The smallest absolute Gasteiger partial charge is 0.191 e. The molecule has 23 heavy (non-hydrogen) atoms. The van der Waals surface area contributed by atoms with Crippen LogP contribution in [0.3, 0.4) is 0 Å². The Labute approximate surface area is 137 Å². The summed E-state index contributed by atoms with van der Waals surface area (Å²) in [5.74, 6) is 0.897. The van der Waals surface area contributed by atoms with Crippen LogP contribution >= 0.6 is 0 Å². The highest BCUT2D eigenvalue weighted by Gasteiger charge is 2.18. The van der Waals surface area contributed by atoms with Crippen molar-refractivity contribution in [2.24, 2.45) is 4.99 Å². The average Bonchev–Trinajstić information content (AvgIpc) is 3.16. The van der Waals surface area contributed by atoms with Crippen molar-refractivity contribution in [3.8, 4) is 5.69 Å². The Hall–Kier alpha value is -2.30. The highest BCUT2D eigenvalue weighted by Crippen LogP contribution is 2.20. The molecular formula is C18H25N5. The fourth-order valence-electron chi connectivity index (χ4n) is 3.00. The third-order valence-electron chi connectivity index (χ3n) is 4.18. The van der Waals surface area contributed by atoms with Gasteiger partial charge in [-0.05, 0) is 31.9 Å². The Bertz CT molecular complexity index is 687. The molecule has 1 aliphatic rings. The van der Waals surface area contributed by atoms with Crippen LogP contribution in [0.4, 0.5) is 0 Å². The number of guanidine groups is 1. The monoisotopic (exact) mass is 311 g/mol. The lowest BCUT2D eigenvalue weighted by Gasteiger charge is -2.11. The summed E-state index contributed by atoms with van der Waals surface area (Å²) in [4.78, 5) is 4.47. The van der Waals surface area contributed by atoms with Crippen molar-refractivity contribution >= 4 is 5.96 Å². The number of para-hydroxylation sites is 1. The number of aromatic nitrogens is 2. The van der Waals surface area contributed by atoms with E-state index in [0.29, 0.717) is 6.04 Å². The van der Waals surface area contributed by atoms with Crippen LogP contribution in [0.25, 0.3) is 5.69 Å². The molecule has 2 heterocycles. The second kappa shape index (κ2) is 6.86. The molecule has 5 heteroatoms. The summed E-state index contributed by atoms with van der Waals surface area (Å²) in [6.07, 6.45) is 1.88. The van der Waals surface area contributed by atoms with Gasteiger partial charge in [-0.2, -0.15) is 5.10 Å². The summed E-state index contributed by atoms with van der Waals surface area (Å²) in [6.45, 7) is 8.09. The normalized spacial score (nSPS) is 17.0. The lowest BCUT2D eigenvalue weighted by molar-refractivity contribution is 0.712. The van der Waals surface area contributed by atoms with Crippen LogP contribution in [0.5, 0.6) is 0 Å². The maximum absolute atomic E-state index is 4.85. The van der Waals surface area contributed by atoms with Gasteiger partial charge in [0.05, 0.1) is 17.9 Å². The van der Waals surface area contributed by atoms with E-state index in [9.17, 15) is 0 Å². The number of benzene rings is 1. The first kappa shape index (κ1) is 15.6. The van der Waals surface area contributed by atoms with Gasteiger partial charge in [0.15, 0.2) is 5.96 Å². The molecule has 0 radical (unpaired) electrons. The van der Waals surface area contributed by atoms with Crippen molar-refractivity contribution in [3.05, 3.63) is 47.3 Å². The molecule has 1 unspecified atom stereocenters. The lowest BCUT2D eigenvalue weighted by atomic mass is 10.1. The summed E-state index contributed by atoms with van der Waals surface area (Å²) >= 11 is 0. The molecule has 1 aromatic carbocycles. The predicted molar refractivity (Wildman–Crippen MR) is 94.1 cm³/mol. The van der Waals surface area contributed by atoms with E-state index in [1.54, 1.807) is 0 Å². The zero-order valence-electron chi connectivity index (χ0n) is 14.1. The van der Waals surface area contributed by atoms with Crippen LogP contribution in [0.1, 0.15) is 37.7 Å². The first-order chi connectivity index (χ1) is 11.2. The van der Waals surface area contributed by atoms with Crippen molar-refractivity contribution in [2.75, 3.05) is 6.54 Å². The Balaban J connectivity index is 1.88. The SMILES string of the molecule is CCc1nn(-c2ccccc2)c(CC)c1CNC1=NCC(C)N1. The van der Waals surface area contributed by atoms with Crippen molar-refractivity contribution in [3.63, 3.8) is 0 Å². The summed E-state index contributed by atoms with van der Waals surface area (Å²) in [5, 5.41) is 11.6. The molecule has 1 atom stereocenters. The maximum Gasteiger partial charge on any atom is 0.191 e. The van der Waals surface area contributed by atoms with E-state index in [0.717, 1.165) is 43.3 Å². The van der Waals surface area contributed by atoms with E-state index < -0.39 is 0 Å². The molecular weight excluding hydrogens is 286 g/mol. The van der Waals surface area contributed by atoms with Gasteiger partial charge in [0, 0.05) is 23.8 Å². The minimum Gasteiger partial charge on any atom is -0.352 e. The third-order valence-corrected chi connectivity index (χ3v) is 4.18. The van der Waals surface area contributed by atoms with E-state index in [1.807, 2.05) is 6.07 Å². The lowest BCUT2D eigenvalue weighted by Crippen LogP contribution is -2.37. The molecule has 0 saturated heterocycles. The number of rotatable bonds is 5. The number of aliphatic imine (C=N–C) groups is 1. The van der Waals surface area contributed by atoms with Crippen molar-refractivity contribution < 1.29 is 0 Å². The minimum absolute atomic E-state index is 0.417. The molecule has 0 saturated carbocycles. The van der Waals surface area contributed by atoms with Gasteiger partial charge < -0.3 is 10.6 Å². The zero-order chi connectivity index (χ0) is 16.2. The van der Waals surface area contributed by atoms with Crippen LogP contribution in [0.15, 0.2) is 35.3 Å². The Morgan fingerprint density at radius 2 is 2.00 bits per heavy atom. The number of hydrogen-bond acceptors (Lipinski definition) is 4. The molecule has 5 nitrogen and oxygen atoms in total. The van der Waals surface area contributed by atoms with Gasteiger partial charge in [-0.25, -0.2) is 4.68 Å². The molecule has 1 aromatic heterocycles. The molecule has 0 aliphatic carbocycles. The van der Waals surface area contributed by atoms with Gasteiger partial charge >= 0.3 is 0 Å². The van der Waals surface area contributed by atoms with Gasteiger partial charge in [0.1, 0.15) is 0 Å².